The molecule has 2 aliphatic rings. The molecule has 0 spiro atoms. The van der Waals surface area contributed by atoms with E-state index in [1.807, 2.05) is 11.8 Å². The van der Waals surface area contributed by atoms with Gasteiger partial charge in [0.1, 0.15) is 0 Å². The number of nitrogens with one attached hydrogen (secondary N) is 1. The first kappa shape index (κ1) is 22.0. The third kappa shape index (κ3) is 5.28. The summed E-state index contributed by atoms with van der Waals surface area (Å²) >= 11 is 0. The molecule has 30 heavy (non-hydrogen) atoms. The minimum absolute atomic E-state index is 0.0255. The Bertz CT molecular complexity index is 847. The summed E-state index contributed by atoms with van der Waals surface area (Å²) in [6, 6.07) is 0. The summed E-state index contributed by atoms with van der Waals surface area (Å²) in [6.45, 7) is 5.61. The topological polar surface area (TPSA) is 96.5 Å². The Labute approximate surface area is 173 Å². The first-order chi connectivity index (χ1) is 14.2. The number of aromatic nitrogens is 2. The smallest absolute Gasteiger partial charge is 0.403 e. The SMILES string of the molecule is CCN1C[C@H](CN=C(C)/C(=C\N)Nc2ncc(C(F)(F)F)c(C3CC3)n2)CCC1=O. The van der Waals surface area contributed by atoms with Crippen molar-refractivity contribution in [3.63, 3.8) is 0 Å². The molecule has 164 valence electrons. The van der Waals surface area contributed by atoms with Crippen LogP contribution in [0.4, 0.5) is 19.1 Å². The number of amides is 1. The highest BCUT2D eigenvalue weighted by Crippen LogP contribution is 2.44. The van der Waals surface area contributed by atoms with Gasteiger partial charge in [0.2, 0.25) is 11.9 Å². The Hall–Kier alpha value is -2.65. The number of halogens is 3. The van der Waals surface area contributed by atoms with Crippen molar-refractivity contribution in [1.29, 1.82) is 0 Å². The normalized spacial score (nSPS) is 21.2. The first-order valence-corrected chi connectivity index (χ1v) is 10.1. The maximum absolute atomic E-state index is 13.2. The Morgan fingerprint density at radius 3 is 2.73 bits per heavy atom. The van der Waals surface area contributed by atoms with Gasteiger partial charge in [-0.25, -0.2) is 9.97 Å². The van der Waals surface area contributed by atoms with Crippen molar-refractivity contribution >= 4 is 17.6 Å². The fourth-order valence-corrected chi connectivity index (χ4v) is 3.51. The van der Waals surface area contributed by atoms with Gasteiger partial charge in [-0.05, 0) is 39.0 Å². The van der Waals surface area contributed by atoms with Crippen molar-refractivity contribution in [2.24, 2.45) is 16.6 Å². The lowest BCUT2D eigenvalue weighted by molar-refractivity contribution is -0.138. The molecule has 1 aromatic heterocycles. The molecule has 1 saturated carbocycles. The maximum atomic E-state index is 13.2. The monoisotopic (exact) mass is 424 g/mol. The van der Waals surface area contributed by atoms with Crippen LogP contribution in [0.25, 0.3) is 0 Å². The van der Waals surface area contributed by atoms with Gasteiger partial charge in [-0.2, -0.15) is 13.2 Å². The van der Waals surface area contributed by atoms with Gasteiger partial charge < -0.3 is 16.0 Å². The van der Waals surface area contributed by atoms with Crippen LogP contribution in [-0.4, -0.2) is 46.1 Å². The minimum Gasteiger partial charge on any atom is -0.403 e. The number of alkyl halides is 3. The first-order valence-electron chi connectivity index (χ1n) is 10.1. The highest BCUT2D eigenvalue weighted by Gasteiger charge is 2.40. The van der Waals surface area contributed by atoms with Crippen LogP contribution in [0.1, 0.15) is 56.7 Å². The highest BCUT2D eigenvalue weighted by atomic mass is 19.4. The maximum Gasteiger partial charge on any atom is 0.419 e. The molecule has 2 heterocycles. The van der Waals surface area contributed by atoms with Crippen LogP contribution in [0.2, 0.25) is 0 Å². The molecule has 1 amide bonds. The van der Waals surface area contributed by atoms with E-state index in [9.17, 15) is 18.0 Å². The van der Waals surface area contributed by atoms with Gasteiger partial charge in [-0.3, -0.25) is 9.79 Å². The molecule has 1 saturated heterocycles. The molecule has 7 nitrogen and oxygen atoms in total. The second-order valence-electron chi connectivity index (χ2n) is 7.73. The molecular weight excluding hydrogens is 397 g/mol. The second-order valence-corrected chi connectivity index (χ2v) is 7.73. The molecule has 10 heteroatoms. The summed E-state index contributed by atoms with van der Waals surface area (Å²) in [4.78, 5) is 26.1. The number of piperidine rings is 1. The molecule has 0 bridgehead atoms. The lowest BCUT2D eigenvalue weighted by Crippen LogP contribution is -2.40. The number of aliphatic imine (C=N–C) groups is 1. The number of anilines is 1. The van der Waals surface area contributed by atoms with E-state index in [0.717, 1.165) is 12.6 Å². The van der Waals surface area contributed by atoms with E-state index in [1.165, 1.54) is 6.20 Å². The number of nitrogens with two attached hydrogens (primary N) is 1. The molecule has 3 rings (SSSR count). The van der Waals surface area contributed by atoms with E-state index in [4.69, 9.17) is 5.73 Å². The molecule has 3 N–H and O–H groups in total. The Morgan fingerprint density at radius 1 is 1.40 bits per heavy atom. The predicted molar refractivity (Wildman–Crippen MR) is 108 cm³/mol. The van der Waals surface area contributed by atoms with Gasteiger partial charge in [0.15, 0.2) is 0 Å². The zero-order chi connectivity index (χ0) is 21.9. The van der Waals surface area contributed by atoms with E-state index in [2.05, 4.69) is 20.3 Å². The Balaban J connectivity index is 1.68. The summed E-state index contributed by atoms with van der Waals surface area (Å²) < 4.78 is 39.6. The largest absolute Gasteiger partial charge is 0.419 e. The van der Waals surface area contributed by atoms with Gasteiger partial charge in [-0.15, -0.1) is 0 Å². The number of carbonyl (C=O) groups is 1. The molecule has 1 aliphatic heterocycles. The molecule has 1 aromatic rings. The average molecular weight is 424 g/mol. The van der Waals surface area contributed by atoms with Crippen molar-refractivity contribution < 1.29 is 18.0 Å². The molecular formula is C20H27F3N6O. The van der Waals surface area contributed by atoms with Crippen LogP contribution < -0.4 is 11.1 Å². The summed E-state index contributed by atoms with van der Waals surface area (Å²) in [5.41, 5.74) is 5.99. The number of allylic oxidation sites excluding steroid dienone is 1. The molecule has 0 radical (unpaired) electrons. The van der Waals surface area contributed by atoms with Crippen molar-refractivity contribution in [3.8, 4) is 0 Å². The van der Waals surface area contributed by atoms with Crippen LogP contribution in [0.5, 0.6) is 0 Å². The van der Waals surface area contributed by atoms with Gasteiger partial charge in [-0.1, -0.05) is 0 Å². The Kier molecular flexibility index (Phi) is 6.62. The third-order valence-electron chi connectivity index (χ3n) is 5.46. The summed E-state index contributed by atoms with van der Waals surface area (Å²) in [7, 11) is 0. The molecule has 0 aromatic carbocycles. The summed E-state index contributed by atoms with van der Waals surface area (Å²) in [6.07, 6.45) is 0.342. The van der Waals surface area contributed by atoms with Crippen molar-refractivity contribution in [2.45, 2.75) is 51.6 Å². The summed E-state index contributed by atoms with van der Waals surface area (Å²) in [5.74, 6) is 0.322. The molecule has 2 fully saturated rings. The minimum atomic E-state index is -4.48. The lowest BCUT2D eigenvalue weighted by Gasteiger charge is -2.31. The van der Waals surface area contributed by atoms with Crippen LogP contribution in [0.15, 0.2) is 23.1 Å². The van der Waals surface area contributed by atoms with E-state index < -0.39 is 11.7 Å². The fourth-order valence-electron chi connectivity index (χ4n) is 3.51. The van der Waals surface area contributed by atoms with E-state index in [-0.39, 0.29) is 29.4 Å². The number of likely N-dealkylation sites (tertiary alicyclic amines) is 1. The number of rotatable bonds is 7. The average Bonchev–Trinajstić information content (AvgIpc) is 3.55. The van der Waals surface area contributed by atoms with Crippen LogP contribution in [0.3, 0.4) is 0 Å². The molecule has 1 aliphatic carbocycles. The summed E-state index contributed by atoms with van der Waals surface area (Å²) in [5, 5.41) is 2.90. The van der Waals surface area contributed by atoms with Gasteiger partial charge in [0, 0.05) is 44.4 Å². The van der Waals surface area contributed by atoms with Gasteiger partial charge >= 0.3 is 6.18 Å². The van der Waals surface area contributed by atoms with Gasteiger partial charge in [0.05, 0.1) is 22.7 Å². The zero-order valence-electron chi connectivity index (χ0n) is 17.2. The van der Waals surface area contributed by atoms with Crippen LogP contribution in [-0.2, 0) is 11.0 Å². The Morgan fingerprint density at radius 2 is 2.13 bits per heavy atom. The lowest BCUT2D eigenvalue weighted by atomic mass is 9.97. The van der Waals surface area contributed by atoms with Crippen LogP contribution in [0, 0.1) is 5.92 Å². The zero-order valence-corrected chi connectivity index (χ0v) is 17.2. The fraction of sp³-hybridized carbons (Fsp3) is 0.600. The van der Waals surface area contributed by atoms with Crippen molar-refractivity contribution in [1.82, 2.24) is 14.9 Å². The third-order valence-corrected chi connectivity index (χ3v) is 5.46. The van der Waals surface area contributed by atoms with E-state index >= 15 is 0 Å². The highest BCUT2D eigenvalue weighted by molar-refractivity contribution is 6.00. The van der Waals surface area contributed by atoms with Gasteiger partial charge in [0.25, 0.3) is 0 Å². The van der Waals surface area contributed by atoms with E-state index in [0.29, 0.717) is 50.3 Å². The quantitative estimate of drug-likeness (QED) is 0.655. The number of hydrogen-bond acceptors (Lipinski definition) is 6. The van der Waals surface area contributed by atoms with Crippen molar-refractivity contribution in [3.05, 3.63) is 29.4 Å². The number of carbonyl (C=O) groups excluding carboxylic acids is 1. The van der Waals surface area contributed by atoms with E-state index in [1.54, 1.807) is 6.92 Å². The number of nitrogens with zero attached hydrogens (tertiary/aromatic N) is 4. The standard InChI is InChI=1S/C20H27F3N6O/c1-3-29-11-13(4-7-17(29)30)9-25-12(2)16(8-24)27-19-26-10-15(20(21,22)23)18(28-19)14-5-6-14/h8,10,13-14H,3-7,9,11,24H2,1-2H3,(H,26,27,28)/b16-8+,25-12?/t13-/m0/s1. The second kappa shape index (κ2) is 9.01. The molecule has 1 atom stereocenters. The van der Waals surface area contributed by atoms with Crippen molar-refractivity contribution in [2.75, 3.05) is 25.0 Å². The predicted octanol–water partition coefficient (Wildman–Crippen LogP) is 3.30. The molecule has 0 unspecified atom stereocenters. The number of hydrogen-bond donors (Lipinski definition) is 2. The van der Waals surface area contributed by atoms with Crippen LogP contribution >= 0.6 is 0 Å².